The van der Waals surface area contributed by atoms with Crippen molar-refractivity contribution in [2.75, 3.05) is 6.54 Å². The van der Waals surface area contributed by atoms with Crippen LogP contribution in [-0.2, 0) is 11.2 Å². The quantitative estimate of drug-likeness (QED) is 0.787. The van der Waals surface area contributed by atoms with E-state index in [1.807, 2.05) is 6.92 Å². The Labute approximate surface area is 124 Å². The maximum Gasteiger partial charge on any atom is 0.225 e. The molecule has 0 radical (unpaired) electrons. The Morgan fingerprint density at radius 1 is 1.32 bits per heavy atom. The van der Waals surface area contributed by atoms with Gasteiger partial charge in [0.1, 0.15) is 0 Å². The molecule has 0 aliphatic rings. The van der Waals surface area contributed by atoms with Crippen LogP contribution in [0.5, 0.6) is 0 Å². The van der Waals surface area contributed by atoms with Crippen LogP contribution in [0.2, 0.25) is 0 Å². The summed E-state index contributed by atoms with van der Waals surface area (Å²) in [6, 6.07) is 0. The number of amides is 1. The number of hydrogen-bond donors (Lipinski definition) is 2. The lowest BCUT2D eigenvalue weighted by Crippen LogP contribution is -2.34. The minimum Gasteiger partial charge on any atom is -0.355 e. The van der Waals surface area contributed by atoms with E-state index in [1.165, 1.54) is 11.3 Å². The molecule has 0 saturated carbocycles. The average Bonchev–Trinajstić information content (AvgIpc) is 2.56. The van der Waals surface area contributed by atoms with Gasteiger partial charge in [0.2, 0.25) is 5.91 Å². The first-order valence-electron chi connectivity index (χ1n) is 6.76. The smallest absolute Gasteiger partial charge is 0.225 e. The summed E-state index contributed by atoms with van der Waals surface area (Å²) in [6.45, 7) is 11.5. The summed E-state index contributed by atoms with van der Waals surface area (Å²) in [4.78, 5) is 16.1. The van der Waals surface area contributed by atoms with Crippen LogP contribution in [0, 0.1) is 28.6 Å². The molecule has 0 fully saturated rings. The predicted molar refractivity (Wildman–Crippen MR) is 84.1 cm³/mol. The van der Waals surface area contributed by atoms with Gasteiger partial charge >= 0.3 is 0 Å². The topological polar surface area (TPSA) is 44.9 Å². The molecule has 0 aliphatic carbocycles. The van der Waals surface area contributed by atoms with E-state index in [-0.39, 0.29) is 5.91 Å². The second-order valence-electron chi connectivity index (χ2n) is 5.70. The molecule has 5 heteroatoms. The molecule has 1 rings (SSSR count). The molecule has 0 atom stereocenters. The number of thiazole rings is 1. The van der Waals surface area contributed by atoms with Crippen molar-refractivity contribution in [3.8, 4) is 0 Å². The molecule has 0 aromatic carbocycles. The lowest BCUT2D eigenvalue weighted by Gasteiger charge is -2.25. The number of H-pyrrole nitrogens is 1. The van der Waals surface area contributed by atoms with E-state index in [9.17, 15) is 4.79 Å². The minimum atomic E-state index is 0.0830. The van der Waals surface area contributed by atoms with Crippen molar-refractivity contribution < 1.29 is 4.79 Å². The number of carbonyl (C=O) groups is 1. The van der Waals surface area contributed by atoms with Crippen molar-refractivity contribution in [2.24, 2.45) is 17.8 Å². The Kier molecular flexibility index (Phi) is 6.20. The zero-order chi connectivity index (χ0) is 14.6. The summed E-state index contributed by atoms with van der Waals surface area (Å²) in [5.41, 5.74) is 1.01. The van der Waals surface area contributed by atoms with Gasteiger partial charge in [-0.3, -0.25) is 4.79 Å². The molecule has 19 heavy (non-hydrogen) atoms. The Balaban J connectivity index is 2.52. The van der Waals surface area contributed by atoms with Crippen molar-refractivity contribution in [1.82, 2.24) is 10.3 Å². The number of aromatic amines is 1. The van der Waals surface area contributed by atoms with Crippen LogP contribution >= 0.6 is 23.6 Å². The van der Waals surface area contributed by atoms with Crippen molar-refractivity contribution >= 4 is 29.5 Å². The fourth-order valence-corrected chi connectivity index (χ4v) is 3.58. The zero-order valence-electron chi connectivity index (χ0n) is 12.4. The lowest BCUT2D eigenvalue weighted by molar-refractivity contribution is -0.120. The molecule has 1 aromatic rings. The molecule has 0 aliphatic heterocycles. The third-order valence-corrected chi connectivity index (χ3v) is 4.83. The summed E-state index contributed by atoms with van der Waals surface area (Å²) in [6.07, 6.45) is 0.423. The molecule has 3 nitrogen and oxygen atoms in total. The normalized spacial score (nSPS) is 11.6. The molecular formula is C14H24N2OS2. The van der Waals surface area contributed by atoms with Gasteiger partial charge in [0.05, 0.1) is 6.42 Å². The standard InChI is InChI=1S/C14H24N2OS2/c1-8(2)11(9(3)4)7-15-13(17)6-12-10(5)16-14(18)19-12/h8-9,11H,6-7H2,1-5H3,(H,15,17)(H,16,18). The largest absolute Gasteiger partial charge is 0.355 e. The summed E-state index contributed by atoms with van der Waals surface area (Å²) in [5.74, 6) is 1.77. The first-order chi connectivity index (χ1) is 8.81. The summed E-state index contributed by atoms with van der Waals surface area (Å²) >= 11 is 6.57. The number of aromatic nitrogens is 1. The molecule has 0 saturated heterocycles. The monoisotopic (exact) mass is 300 g/mol. The van der Waals surface area contributed by atoms with Crippen molar-refractivity contribution in [3.05, 3.63) is 14.5 Å². The highest BCUT2D eigenvalue weighted by Crippen LogP contribution is 2.20. The molecule has 0 spiro atoms. The van der Waals surface area contributed by atoms with Gasteiger partial charge in [-0.25, -0.2) is 0 Å². The van der Waals surface area contributed by atoms with Crippen LogP contribution in [0.3, 0.4) is 0 Å². The van der Waals surface area contributed by atoms with E-state index in [2.05, 4.69) is 38.0 Å². The lowest BCUT2D eigenvalue weighted by atomic mass is 9.85. The number of carbonyl (C=O) groups excluding carboxylic acids is 1. The van der Waals surface area contributed by atoms with Gasteiger partial charge in [-0.15, -0.1) is 11.3 Å². The van der Waals surface area contributed by atoms with Crippen LogP contribution in [-0.4, -0.2) is 17.4 Å². The first-order valence-corrected chi connectivity index (χ1v) is 7.99. The fraction of sp³-hybridized carbons (Fsp3) is 0.714. The van der Waals surface area contributed by atoms with E-state index < -0.39 is 0 Å². The Bertz CT molecular complexity index is 466. The highest BCUT2D eigenvalue weighted by molar-refractivity contribution is 7.73. The third kappa shape index (κ3) is 5.07. The van der Waals surface area contributed by atoms with Crippen molar-refractivity contribution in [1.29, 1.82) is 0 Å². The Morgan fingerprint density at radius 3 is 2.32 bits per heavy atom. The molecule has 0 bridgehead atoms. The fourth-order valence-electron chi connectivity index (χ4n) is 2.29. The second-order valence-corrected chi connectivity index (χ2v) is 7.47. The molecule has 1 aromatic heterocycles. The van der Waals surface area contributed by atoms with E-state index in [1.54, 1.807) is 0 Å². The minimum absolute atomic E-state index is 0.0830. The highest BCUT2D eigenvalue weighted by Gasteiger charge is 2.18. The van der Waals surface area contributed by atoms with Crippen LogP contribution in [0.4, 0.5) is 0 Å². The zero-order valence-corrected chi connectivity index (χ0v) is 14.0. The molecule has 108 valence electrons. The first kappa shape index (κ1) is 16.4. The van der Waals surface area contributed by atoms with Crippen molar-refractivity contribution in [3.63, 3.8) is 0 Å². The maximum atomic E-state index is 12.0. The van der Waals surface area contributed by atoms with E-state index >= 15 is 0 Å². The number of aryl methyl sites for hydroxylation is 1. The summed E-state index contributed by atoms with van der Waals surface area (Å²) in [7, 11) is 0. The Morgan fingerprint density at radius 2 is 1.89 bits per heavy atom. The van der Waals surface area contributed by atoms with Gasteiger partial charge in [0.15, 0.2) is 3.95 Å². The SMILES string of the molecule is Cc1[nH]c(=S)sc1CC(=O)NCC(C(C)C)C(C)C. The van der Waals surface area contributed by atoms with Gasteiger partial charge < -0.3 is 10.3 Å². The number of hydrogen-bond acceptors (Lipinski definition) is 3. The molecule has 0 unspecified atom stereocenters. The van der Waals surface area contributed by atoms with Crippen LogP contribution in [0.15, 0.2) is 0 Å². The van der Waals surface area contributed by atoms with E-state index in [4.69, 9.17) is 12.2 Å². The van der Waals surface area contributed by atoms with Gasteiger partial charge in [0, 0.05) is 17.1 Å². The van der Waals surface area contributed by atoms with Gasteiger partial charge in [-0.1, -0.05) is 27.7 Å². The number of nitrogens with one attached hydrogen (secondary N) is 2. The van der Waals surface area contributed by atoms with E-state index in [0.717, 1.165) is 21.1 Å². The van der Waals surface area contributed by atoms with Gasteiger partial charge in [-0.05, 0) is 36.9 Å². The highest BCUT2D eigenvalue weighted by atomic mass is 32.1. The predicted octanol–water partition coefficient (Wildman–Crippen LogP) is 3.70. The summed E-state index contributed by atoms with van der Waals surface area (Å²) in [5, 5.41) is 3.05. The van der Waals surface area contributed by atoms with Crippen LogP contribution < -0.4 is 5.32 Å². The number of rotatable bonds is 6. The van der Waals surface area contributed by atoms with E-state index in [0.29, 0.717) is 24.2 Å². The van der Waals surface area contributed by atoms with Crippen molar-refractivity contribution in [2.45, 2.75) is 41.0 Å². The molecular weight excluding hydrogens is 276 g/mol. The third-order valence-electron chi connectivity index (χ3n) is 3.49. The van der Waals surface area contributed by atoms with Gasteiger partial charge in [-0.2, -0.15) is 0 Å². The second kappa shape index (κ2) is 7.20. The molecule has 2 N–H and O–H groups in total. The summed E-state index contributed by atoms with van der Waals surface area (Å²) < 4.78 is 0.738. The molecule has 1 amide bonds. The maximum absolute atomic E-state index is 12.0. The molecule has 1 heterocycles. The van der Waals surface area contributed by atoms with Gasteiger partial charge in [0.25, 0.3) is 0 Å². The average molecular weight is 300 g/mol. The Hall–Kier alpha value is -0.680. The van der Waals surface area contributed by atoms with Crippen LogP contribution in [0.1, 0.15) is 38.3 Å². The van der Waals surface area contributed by atoms with Crippen LogP contribution in [0.25, 0.3) is 0 Å².